The Hall–Kier alpha value is -1.58. The molecule has 0 radical (unpaired) electrons. The van der Waals surface area contributed by atoms with Gasteiger partial charge in [-0.25, -0.2) is 4.98 Å². The summed E-state index contributed by atoms with van der Waals surface area (Å²) in [4.78, 5) is 4.43. The van der Waals surface area contributed by atoms with Crippen molar-refractivity contribution in [2.24, 2.45) is 5.41 Å². The molecule has 0 spiro atoms. The maximum Gasteiger partial charge on any atom is 0.219 e. The summed E-state index contributed by atoms with van der Waals surface area (Å²) in [6.07, 6.45) is 0. The molecule has 0 N–H and O–H groups in total. The molecule has 2 aromatic rings. The van der Waals surface area contributed by atoms with Crippen LogP contribution in [0.25, 0.3) is 0 Å². The second-order valence-electron chi connectivity index (χ2n) is 6.08. The van der Waals surface area contributed by atoms with Crippen LogP contribution in [0, 0.1) is 5.41 Å². The van der Waals surface area contributed by atoms with Crippen molar-refractivity contribution in [1.82, 2.24) is 4.98 Å². The molecule has 0 saturated carbocycles. The van der Waals surface area contributed by atoms with Crippen molar-refractivity contribution in [3.05, 3.63) is 53.2 Å². The second-order valence-corrected chi connectivity index (χ2v) is 6.51. The van der Waals surface area contributed by atoms with Crippen molar-refractivity contribution >= 4 is 11.6 Å². The fourth-order valence-corrected chi connectivity index (χ4v) is 1.81. The van der Waals surface area contributed by atoms with Crippen LogP contribution in [0.5, 0.6) is 11.6 Å². The maximum absolute atomic E-state index is 5.85. The van der Waals surface area contributed by atoms with E-state index < -0.39 is 0 Å². The summed E-state index contributed by atoms with van der Waals surface area (Å²) in [5, 5.41) is 0.680. The number of benzene rings is 1. The first-order chi connectivity index (χ1) is 9.92. The Labute approximate surface area is 130 Å². The average Bonchev–Trinajstić information content (AvgIpc) is 2.40. The minimum absolute atomic E-state index is 0.150. The summed E-state index contributed by atoms with van der Waals surface area (Å²) in [5.74, 6) is 1.26. The standard InChI is InChI=1S/C17H20ClNO2/c1-17(2,3)12-20-11-14-5-4-6-16(19-14)21-15-9-7-13(18)8-10-15/h4-10H,11-12H2,1-3H3. The number of rotatable bonds is 5. The summed E-state index contributed by atoms with van der Waals surface area (Å²) >= 11 is 5.85. The van der Waals surface area contributed by atoms with Crippen LogP contribution < -0.4 is 4.74 Å². The van der Waals surface area contributed by atoms with Gasteiger partial charge in [0, 0.05) is 11.1 Å². The maximum atomic E-state index is 5.85. The Kier molecular flexibility index (Phi) is 5.21. The molecule has 0 bridgehead atoms. The highest BCUT2D eigenvalue weighted by molar-refractivity contribution is 6.30. The van der Waals surface area contributed by atoms with Crippen LogP contribution in [0.2, 0.25) is 5.02 Å². The second kappa shape index (κ2) is 6.92. The van der Waals surface area contributed by atoms with Crippen molar-refractivity contribution in [3.63, 3.8) is 0 Å². The largest absolute Gasteiger partial charge is 0.439 e. The Morgan fingerprint density at radius 1 is 1.05 bits per heavy atom. The minimum atomic E-state index is 0.150. The van der Waals surface area contributed by atoms with E-state index in [0.29, 0.717) is 29.9 Å². The van der Waals surface area contributed by atoms with Gasteiger partial charge in [-0.3, -0.25) is 0 Å². The molecule has 3 nitrogen and oxygen atoms in total. The van der Waals surface area contributed by atoms with Crippen molar-refractivity contribution in [2.45, 2.75) is 27.4 Å². The summed E-state index contributed by atoms with van der Waals surface area (Å²) in [6, 6.07) is 12.9. The molecule has 1 heterocycles. The van der Waals surface area contributed by atoms with Gasteiger partial charge in [0.2, 0.25) is 5.88 Å². The van der Waals surface area contributed by atoms with E-state index in [0.717, 1.165) is 5.69 Å². The number of nitrogens with zero attached hydrogens (tertiary/aromatic N) is 1. The first-order valence-electron chi connectivity index (χ1n) is 6.89. The minimum Gasteiger partial charge on any atom is -0.439 e. The number of hydrogen-bond donors (Lipinski definition) is 0. The van der Waals surface area contributed by atoms with Crippen molar-refractivity contribution in [3.8, 4) is 11.6 Å². The van der Waals surface area contributed by atoms with Gasteiger partial charge < -0.3 is 9.47 Å². The van der Waals surface area contributed by atoms with E-state index in [1.807, 2.05) is 30.3 Å². The SMILES string of the molecule is CC(C)(C)COCc1cccc(Oc2ccc(Cl)cc2)n1. The third-order valence-electron chi connectivity index (χ3n) is 2.60. The van der Waals surface area contributed by atoms with Crippen LogP contribution in [0.15, 0.2) is 42.5 Å². The zero-order valence-electron chi connectivity index (χ0n) is 12.6. The molecule has 2 rings (SSSR count). The summed E-state index contributed by atoms with van der Waals surface area (Å²) < 4.78 is 11.4. The Morgan fingerprint density at radius 2 is 1.76 bits per heavy atom. The fourth-order valence-electron chi connectivity index (χ4n) is 1.68. The van der Waals surface area contributed by atoms with Crippen molar-refractivity contribution < 1.29 is 9.47 Å². The molecule has 0 aliphatic carbocycles. The summed E-state index contributed by atoms with van der Waals surface area (Å²) in [5.41, 5.74) is 1.00. The van der Waals surface area contributed by atoms with Gasteiger partial charge in [0.1, 0.15) is 5.75 Å². The van der Waals surface area contributed by atoms with E-state index in [4.69, 9.17) is 21.1 Å². The normalized spacial score (nSPS) is 11.4. The van der Waals surface area contributed by atoms with Crippen LogP contribution in [-0.4, -0.2) is 11.6 Å². The summed E-state index contributed by atoms with van der Waals surface area (Å²) in [6.45, 7) is 7.59. The van der Waals surface area contributed by atoms with Crippen molar-refractivity contribution in [1.29, 1.82) is 0 Å². The van der Waals surface area contributed by atoms with Crippen LogP contribution >= 0.6 is 11.6 Å². The Balaban J connectivity index is 1.96. The predicted octanol–water partition coefficient (Wildman–Crippen LogP) is 5.09. The molecule has 1 aromatic heterocycles. The van der Waals surface area contributed by atoms with Crippen LogP contribution in [0.3, 0.4) is 0 Å². The predicted molar refractivity (Wildman–Crippen MR) is 84.9 cm³/mol. The number of pyridine rings is 1. The molecular weight excluding hydrogens is 286 g/mol. The van der Waals surface area contributed by atoms with E-state index in [1.54, 1.807) is 12.1 Å². The van der Waals surface area contributed by atoms with Gasteiger partial charge in [-0.1, -0.05) is 38.4 Å². The van der Waals surface area contributed by atoms with Gasteiger partial charge in [0.05, 0.1) is 18.9 Å². The molecule has 0 amide bonds. The Morgan fingerprint density at radius 3 is 2.43 bits per heavy atom. The van der Waals surface area contributed by atoms with E-state index in [2.05, 4.69) is 25.8 Å². The van der Waals surface area contributed by atoms with Crippen LogP contribution in [-0.2, 0) is 11.3 Å². The molecule has 4 heteroatoms. The van der Waals surface area contributed by atoms with Gasteiger partial charge in [-0.2, -0.15) is 0 Å². The monoisotopic (exact) mass is 305 g/mol. The quantitative estimate of drug-likeness (QED) is 0.771. The molecule has 0 unspecified atom stereocenters. The molecule has 112 valence electrons. The number of aromatic nitrogens is 1. The molecule has 0 atom stereocenters. The van der Waals surface area contributed by atoms with E-state index >= 15 is 0 Å². The first-order valence-corrected chi connectivity index (χ1v) is 7.27. The number of hydrogen-bond acceptors (Lipinski definition) is 3. The molecule has 0 aliphatic rings. The van der Waals surface area contributed by atoms with Gasteiger partial charge in [0.15, 0.2) is 0 Å². The van der Waals surface area contributed by atoms with E-state index in [9.17, 15) is 0 Å². The zero-order chi connectivity index (χ0) is 15.3. The lowest BCUT2D eigenvalue weighted by Gasteiger charge is -2.17. The lowest BCUT2D eigenvalue weighted by molar-refractivity contribution is 0.0579. The lowest BCUT2D eigenvalue weighted by atomic mass is 9.99. The highest BCUT2D eigenvalue weighted by atomic mass is 35.5. The molecule has 0 fully saturated rings. The first kappa shape index (κ1) is 15.8. The van der Waals surface area contributed by atoms with Gasteiger partial charge >= 0.3 is 0 Å². The fraction of sp³-hybridized carbons (Fsp3) is 0.353. The molecular formula is C17H20ClNO2. The van der Waals surface area contributed by atoms with E-state index in [-0.39, 0.29) is 5.41 Å². The Bertz CT molecular complexity index is 576. The van der Waals surface area contributed by atoms with Gasteiger partial charge in [-0.15, -0.1) is 0 Å². The van der Waals surface area contributed by atoms with Crippen LogP contribution in [0.1, 0.15) is 26.5 Å². The molecule has 1 aromatic carbocycles. The third kappa shape index (κ3) is 5.74. The average molecular weight is 306 g/mol. The number of halogens is 1. The van der Waals surface area contributed by atoms with Gasteiger partial charge in [0.25, 0.3) is 0 Å². The van der Waals surface area contributed by atoms with E-state index in [1.165, 1.54) is 0 Å². The highest BCUT2D eigenvalue weighted by Crippen LogP contribution is 2.22. The smallest absolute Gasteiger partial charge is 0.219 e. The van der Waals surface area contributed by atoms with Crippen molar-refractivity contribution in [2.75, 3.05) is 6.61 Å². The molecule has 21 heavy (non-hydrogen) atoms. The third-order valence-corrected chi connectivity index (χ3v) is 2.85. The lowest BCUT2D eigenvalue weighted by Crippen LogP contribution is -2.14. The topological polar surface area (TPSA) is 31.4 Å². The molecule has 0 saturated heterocycles. The van der Waals surface area contributed by atoms with Gasteiger partial charge in [-0.05, 0) is 35.7 Å². The zero-order valence-corrected chi connectivity index (χ0v) is 13.4. The van der Waals surface area contributed by atoms with Crippen LogP contribution in [0.4, 0.5) is 0 Å². The highest BCUT2D eigenvalue weighted by Gasteiger charge is 2.10. The number of ether oxygens (including phenoxy) is 2. The summed E-state index contributed by atoms with van der Waals surface area (Å²) in [7, 11) is 0. The molecule has 0 aliphatic heterocycles.